The standard InChI is InChI=1S/C18H16BrFN4O2S/c19-11-1-4-15(22-9-11)16(25)24-12-2-3-14(20)13(7-12)18-10(5-6-26-18)8-23-17(21)27-18/h1-4,7,9-10H,5-6,8H2,(H2,21,23)(H,24,25)/t10-,18-/m0/s1. The van der Waals surface area contributed by atoms with Crippen molar-refractivity contribution in [3.63, 3.8) is 0 Å². The first kappa shape index (κ1) is 18.4. The van der Waals surface area contributed by atoms with E-state index in [9.17, 15) is 9.18 Å². The lowest BCUT2D eigenvalue weighted by Gasteiger charge is -2.36. The summed E-state index contributed by atoms with van der Waals surface area (Å²) in [6.45, 7) is 1.01. The van der Waals surface area contributed by atoms with E-state index in [1.165, 1.54) is 23.9 Å². The van der Waals surface area contributed by atoms with E-state index in [1.54, 1.807) is 24.4 Å². The predicted octanol–water partition coefficient (Wildman–Crippen LogP) is 3.49. The molecule has 0 aliphatic carbocycles. The number of amidine groups is 1. The van der Waals surface area contributed by atoms with Crippen molar-refractivity contribution in [3.05, 3.63) is 58.1 Å². The highest BCUT2D eigenvalue weighted by Crippen LogP contribution is 2.52. The Balaban J connectivity index is 1.65. The van der Waals surface area contributed by atoms with Crippen LogP contribution in [0.3, 0.4) is 0 Å². The summed E-state index contributed by atoms with van der Waals surface area (Å²) in [6.07, 6.45) is 2.32. The van der Waals surface area contributed by atoms with Crippen LogP contribution in [0.5, 0.6) is 0 Å². The van der Waals surface area contributed by atoms with Crippen molar-refractivity contribution in [1.29, 1.82) is 0 Å². The molecule has 2 atom stereocenters. The number of pyridine rings is 1. The van der Waals surface area contributed by atoms with Crippen molar-refractivity contribution in [2.75, 3.05) is 18.5 Å². The molecule has 0 radical (unpaired) electrons. The second-order valence-electron chi connectivity index (χ2n) is 6.29. The quantitative estimate of drug-likeness (QED) is 0.746. The Hall–Kier alpha value is -1.97. The highest BCUT2D eigenvalue weighted by Gasteiger charge is 2.50. The normalized spacial score (nSPS) is 24.2. The van der Waals surface area contributed by atoms with E-state index in [2.05, 4.69) is 31.2 Å². The molecule has 1 saturated heterocycles. The van der Waals surface area contributed by atoms with Crippen LogP contribution in [0.4, 0.5) is 10.1 Å². The van der Waals surface area contributed by atoms with Crippen LogP contribution in [0.25, 0.3) is 0 Å². The Morgan fingerprint density at radius 3 is 3.04 bits per heavy atom. The molecule has 140 valence electrons. The van der Waals surface area contributed by atoms with Gasteiger partial charge in [0.2, 0.25) is 0 Å². The van der Waals surface area contributed by atoms with Crippen LogP contribution in [0.2, 0.25) is 0 Å². The molecule has 1 amide bonds. The molecule has 2 aliphatic heterocycles. The lowest BCUT2D eigenvalue weighted by atomic mass is 9.93. The molecule has 3 heterocycles. The van der Waals surface area contributed by atoms with Gasteiger partial charge in [-0.3, -0.25) is 9.79 Å². The molecule has 4 rings (SSSR count). The van der Waals surface area contributed by atoms with Gasteiger partial charge in [-0.1, -0.05) is 0 Å². The van der Waals surface area contributed by atoms with Crippen LogP contribution in [-0.4, -0.2) is 29.2 Å². The van der Waals surface area contributed by atoms with Gasteiger partial charge < -0.3 is 15.8 Å². The molecule has 1 aromatic carbocycles. The van der Waals surface area contributed by atoms with Gasteiger partial charge in [0.25, 0.3) is 5.91 Å². The number of rotatable bonds is 3. The number of aliphatic imine (C=N–C) groups is 1. The van der Waals surface area contributed by atoms with Gasteiger partial charge in [0.15, 0.2) is 10.1 Å². The topological polar surface area (TPSA) is 89.6 Å². The summed E-state index contributed by atoms with van der Waals surface area (Å²) in [5.74, 6) is -0.744. The molecule has 2 aromatic rings. The molecule has 2 aliphatic rings. The van der Waals surface area contributed by atoms with Gasteiger partial charge in [-0.25, -0.2) is 9.37 Å². The van der Waals surface area contributed by atoms with E-state index in [0.29, 0.717) is 29.6 Å². The van der Waals surface area contributed by atoms with Crippen molar-refractivity contribution in [2.24, 2.45) is 16.6 Å². The minimum Gasteiger partial charge on any atom is -0.378 e. The van der Waals surface area contributed by atoms with Crippen molar-refractivity contribution in [3.8, 4) is 0 Å². The monoisotopic (exact) mass is 450 g/mol. The van der Waals surface area contributed by atoms with E-state index < -0.39 is 10.8 Å². The number of thioether (sulfide) groups is 1. The van der Waals surface area contributed by atoms with Gasteiger partial charge in [0.1, 0.15) is 11.5 Å². The number of nitrogens with zero attached hydrogens (tertiary/aromatic N) is 2. The zero-order valence-electron chi connectivity index (χ0n) is 14.1. The first-order chi connectivity index (χ1) is 13.0. The average Bonchev–Trinajstić information content (AvgIpc) is 3.07. The highest BCUT2D eigenvalue weighted by molar-refractivity contribution is 9.10. The lowest BCUT2D eigenvalue weighted by Crippen LogP contribution is -2.38. The summed E-state index contributed by atoms with van der Waals surface area (Å²) in [7, 11) is 0. The van der Waals surface area contributed by atoms with Crippen LogP contribution >= 0.6 is 27.7 Å². The summed E-state index contributed by atoms with van der Waals surface area (Å²) >= 11 is 4.51. The third kappa shape index (κ3) is 3.46. The van der Waals surface area contributed by atoms with E-state index in [0.717, 1.165) is 10.9 Å². The van der Waals surface area contributed by atoms with Gasteiger partial charge >= 0.3 is 0 Å². The molecule has 27 heavy (non-hydrogen) atoms. The van der Waals surface area contributed by atoms with E-state index in [4.69, 9.17) is 10.5 Å². The fourth-order valence-electron chi connectivity index (χ4n) is 3.30. The molecular weight excluding hydrogens is 435 g/mol. The molecule has 3 N–H and O–H groups in total. The Labute approximate surface area is 167 Å². The molecule has 0 saturated carbocycles. The van der Waals surface area contributed by atoms with Crippen molar-refractivity contribution in [1.82, 2.24) is 4.98 Å². The molecule has 6 nitrogen and oxygen atoms in total. The van der Waals surface area contributed by atoms with Crippen molar-refractivity contribution in [2.45, 2.75) is 11.4 Å². The summed E-state index contributed by atoms with van der Waals surface area (Å²) in [6, 6.07) is 7.79. The number of carbonyl (C=O) groups excluding carboxylic acids is 1. The van der Waals surface area contributed by atoms with Crippen molar-refractivity contribution < 1.29 is 13.9 Å². The van der Waals surface area contributed by atoms with E-state index >= 15 is 0 Å². The molecule has 0 spiro atoms. The first-order valence-electron chi connectivity index (χ1n) is 8.34. The van der Waals surface area contributed by atoms with Crippen LogP contribution in [0, 0.1) is 11.7 Å². The average molecular weight is 451 g/mol. The summed E-state index contributed by atoms with van der Waals surface area (Å²) in [4.78, 5) is 19.8. The summed E-state index contributed by atoms with van der Waals surface area (Å²) in [5.41, 5.74) is 7.00. The van der Waals surface area contributed by atoms with Crippen molar-refractivity contribution >= 4 is 44.5 Å². The largest absolute Gasteiger partial charge is 0.378 e. The SMILES string of the molecule is NC1=NC[C@@H]2CCO[C@]2(c2cc(NC(=O)c3ccc(Br)cn3)ccc2F)S1. The van der Waals surface area contributed by atoms with E-state index in [-0.39, 0.29) is 17.5 Å². The number of hydrogen-bond acceptors (Lipinski definition) is 6. The number of ether oxygens (including phenoxy) is 1. The molecule has 0 unspecified atom stereocenters. The Morgan fingerprint density at radius 2 is 2.26 bits per heavy atom. The van der Waals surface area contributed by atoms with E-state index in [1.807, 2.05) is 0 Å². The Kier molecular flexibility index (Phi) is 4.92. The fourth-order valence-corrected chi connectivity index (χ4v) is 4.75. The minimum absolute atomic E-state index is 0.0309. The van der Waals surface area contributed by atoms with Gasteiger partial charge in [0, 0.05) is 41.0 Å². The maximum absolute atomic E-state index is 14.7. The molecule has 9 heteroatoms. The highest BCUT2D eigenvalue weighted by atomic mass is 79.9. The third-order valence-electron chi connectivity index (χ3n) is 4.60. The number of halogens is 2. The number of amides is 1. The van der Waals surface area contributed by atoms with Gasteiger partial charge in [-0.2, -0.15) is 0 Å². The number of carbonyl (C=O) groups is 1. The molecular formula is C18H16BrFN4O2S. The van der Waals surface area contributed by atoms with Crippen LogP contribution < -0.4 is 11.1 Å². The number of anilines is 1. The van der Waals surface area contributed by atoms with Gasteiger partial charge in [0.05, 0.1) is 0 Å². The lowest BCUT2D eigenvalue weighted by molar-refractivity contribution is 0.0561. The smallest absolute Gasteiger partial charge is 0.274 e. The number of nitrogens with two attached hydrogens (primary N) is 1. The first-order valence-corrected chi connectivity index (χ1v) is 9.95. The maximum atomic E-state index is 14.7. The van der Waals surface area contributed by atoms with Crippen LogP contribution in [0.15, 0.2) is 46.0 Å². The summed E-state index contributed by atoms with van der Waals surface area (Å²) in [5, 5.41) is 3.14. The zero-order chi connectivity index (χ0) is 19.0. The fraction of sp³-hybridized carbons (Fsp3) is 0.278. The number of benzene rings is 1. The van der Waals surface area contributed by atoms with Gasteiger partial charge in [-0.15, -0.1) is 0 Å². The Morgan fingerprint density at radius 1 is 1.41 bits per heavy atom. The minimum atomic E-state index is -0.910. The Bertz CT molecular complexity index is 924. The van der Waals surface area contributed by atoms with Crippen LogP contribution in [-0.2, 0) is 9.67 Å². The molecule has 1 aromatic heterocycles. The molecule has 1 fully saturated rings. The maximum Gasteiger partial charge on any atom is 0.274 e. The second kappa shape index (κ2) is 7.21. The number of fused-ring (bicyclic) bond motifs is 1. The zero-order valence-corrected chi connectivity index (χ0v) is 16.5. The molecule has 0 bridgehead atoms. The van der Waals surface area contributed by atoms with Gasteiger partial charge in [-0.05, 0) is 64.4 Å². The predicted molar refractivity (Wildman–Crippen MR) is 106 cm³/mol. The number of aromatic nitrogens is 1. The number of nitrogens with one attached hydrogen (secondary N) is 1. The van der Waals surface area contributed by atoms with Crippen LogP contribution in [0.1, 0.15) is 22.5 Å². The third-order valence-corrected chi connectivity index (χ3v) is 6.39. The summed E-state index contributed by atoms with van der Waals surface area (Å²) < 4.78 is 21.5. The number of hydrogen-bond donors (Lipinski definition) is 2. The second-order valence-corrected chi connectivity index (χ2v) is 8.44.